The Balaban J connectivity index is 1.70. The third-order valence-electron chi connectivity index (χ3n) is 5.27. The molecule has 0 aromatic heterocycles. The van der Waals surface area contributed by atoms with Gasteiger partial charge in [-0.05, 0) is 43.7 Å². The number of fused-ring (bicyclic) bond motifs is 2. The predicted molar refractivity (Wildman–Crippen MR) is 102 cm³/mol. The second-order valence-corrected chi connectivity index (χ2v) is 7.32. The molecule has 0 unspecified atom stereocenters. The smallest absolute Gasteiger partial charge is 0.325 e. The molecule has 3 N–H and O–H groups in total. The molecule has 1 aromatic rings. The van der Waals surface area contributed by atoms with E-state index in [1.54, 1.807) is 6.92 Å². The van der Waals surface area contributed by atoms with Crippen LogP contribution in [0.5, 0.6) is 0 Å². The maximum Gasteiger partial charge on any atom is 0.325 e. The Morgan fingerprint density at radius 2 is 2.04 bits per heavy atom. The zero-order valence-corrected chi connectivity index (χ0v) is 16.2. The zero-order valence-electron chi connectivity index (χ0n) is 16.2. The van der Waals surface area contributed by atoms with Gasteiger partial charge in [0.25, 0.3) is 5.91 Å². The monoisotopic (exact) mass is 386 g/mol. The van der Waals surface area contributed by atoms with E-state index in [9.17, 15) is 19.2 Å². The van der Waals surface area contributed by atoms with Gasteiger partial charge in [-0.3, -0.25) is 19.3 Å². The van der Waals surface area contributed by atoms with E-state index in [2.05, 4.69) is 16.0 Å². The van der Waals surface area contributed by atoms with Crippen molar-refractivity contribution in [3.8, 4) is 0 Å². The van der Waals surface area contributed by atoms with Crippen molar-refractivity contribution >= 4 is 23.8 Å². The first-order valence-corrected chi connectivity index (χ1v) is 9.68. The highest BCUT2D eigenvalue weighted by Gasteiger charge is 2.54. The standard InChI is InChI=1S/C20H26N4O4/c1-3-11-21-17(26)13(2)22-16(25)12-24-18(27)20(23-19(24)28)10-6-8-14-7-4-5-9-15(14)20/h4-5,7,9,13H,3,6,8,10-12H2,1-2H3,(H,21,26)(H,22,25)(H,23,28)/t13-,20-/m0/s1. The van der Waals surface area contributed by atoms with Crippen LogP contribution in [0.25, 0.3) is 0 Å². The van der Waals surface area contributed by atoms with Crippen LogP contribution in [0.2, 0.25) is 0 Å². The molecule has 28 heavy (non-hydrogen) atoms. The molecule has 1 aromatic carbocycles. The molecule has 2 aliphatic rings. The lowest BCUT2D eigenvalue weighted by molar-refractivity contribution is -0.136. The molecule has 2 atom stereocenters. The van der Waals surface area contributed by atoms with E-state index < -0.39 is 36.0 Å². The van der Waals surface area contributed by atoms with E-state index >= 15 is 0 Å². The molecule has 0 radical (unpaired) electrons. The molecule has 150 valence electrons. The van der Waals surface area contributed by atoms with Crippen molar-refractivity contribution in [2.45, 2.75) is 51.1 Å². The summed E-state index contributed by atoms with van der Waals surface area (Å²) >= 11 is 0. The summed E-state index contributed by atoms with van der Waals surface area (Å²) in [7, 11) is 0. The van der Waals surface area contributed by atoms with E-state index in [1.807, 2.05) is 31.2 Å². The Labute approximate surface area is 164 Å². The number of imide groups is 1. The second kappa shape index (κ2) is 8.00. The fourth-order valence-electron chi connectivity index (χ4n) is 3.85. The Morgan fingerprint density at radius 3 is 2.79 bits per heavy atom. The first kappa shape index (κ1) is 19.9. The lowest BCUT2D eigenvalue weighted by Crippen LogP contribution is -2.50. The van der Waals surface area contributed by atoms with Crippen LogP contribution in [0.3, 0.4) is 0 Å². The molecular weight excluding hydrogens is 360 g/mol. The number of rotatable bonds is 6. The van der Waals surface area contributed by atoms with Crippen molar-refractivity contribution in [2.24, 2.45) is 0 Å². The first-order valence-electron chi connectivity index (χ1n) is 9.68. The van der Waals surface area contributed by atoms with E-state index in [0.29, 0.717) is 13.0 Å². The molecule has 3 rings (SSSR count). The molecule has 8 nitrogen and oxygen atoms in total. The molecule has 1 aliphatic carbocycles. The SMILES string of the molecule is CCCNC(=O)[C@H](C)NC(=O)CN1C(=O)N[C@]2(CCCc3ccccc32)C1=O. The van der Waals surface area contributed by atoms with Crippen LogP contribution in [-0.2, 0) is 26.3 Å². The molecule has 1 fully saturated rings. The summed E-state index contributed by atoms with van der Waals surface area (Å²) < 4.78 is 0. The summed E-state index contributed by atoms with van der Waals surface area (Å²) in [5.74, 6) is -1.27. The third-order valence-corrected chi connectivity index (χ3v) is 5.27. The topological polar surface area (TPSA) is 108 Å². The lowest BCUT2D eigenvalue weighted by Gasteiger charge is -2.33. The van der Waals surface area contributed by atoms with E-state index in [0.717, 1.165) is 35.3 Å². The molecule has 1 saturated heterocycles. The van der Waals surface area contributed by atoms with Crippen LogP contribution in [0.15, 0.2) is 24.3 Å². The average molecular weight is 386 g/mol. The molecule has 5 amide bonds. The highest BCUT2D eigenvalue weighted by atomic mass is 16.2. The number of aryl methyl sites for hydroxylation is 1. The van der Waals surface area contributed by atoms with E-state index in [4.69, 9.17) is 0 Å². The van der Waals surface area contributed by atoms with Gasteiger partial charge in [-0.15, -0.1) is 0 Å². The summed E-state index contributed by atoms with van der Waals surface area (Å²) in [6, 6.07) is 6.24. The van der Waals surface area contributed by atoms with Gasteiger partial charge in [-0.2, -0.15) is 0 Å². The normalized spacial score (nSPS) is 21.9. The van der Waals surface area contributed by atoms with Crippen LogP contribution < -0.4 is 16.0 Å². The number of urea groups is 1. The maximum absolute atomic E-state index is 13.1. The minimum absolute atomic E-state index is 0.301. The van der Waals surface area contributed by atoms with Gasteiger partial charge in [0, 0.05) is 6.54 Å². The van der Waals surface area contributed by atoms with Crippen molar-refractivity contribution in [3.05, 3.63) is 35.4 Å². The number of benzene rings is 1. The number of hydrogen-bond donors (Lipinski definition) is 3. The quantitative estimate of drug-likeness (QED) is 0.629. The van der Waals surface area contributed by atoms with Crippen LogP contribution in [0.1, 0.15) is 44.2 Å². The van der Waals surface area contributed by atoms with Gasteiger partial charge in [-0.25, -0.2) is 4.79 Å². The molecule has 0 saturated carbocycles. The number of hydrogen-bond acceptors (Lipinski definition) is 4. The minimum Gasteiger partial charge on any atom is -0.354 e. The molecule has 0 bridgehead atoms. The largest absolute Gasteiger partial charge is 0.354 e. The average Bonchev–Trinajstić information content (AvgIpc) is 2.91. The van der Waals surface area contributed by atoms with Gasteiger partial charge in [0.2, 0.25) is 11.8 Å². The van der Waals surface area contributed by atoms with Crippen LogP contribution in [0.4, 0.5) is 4.79 Å². The first-order chi connectivity index (χ1) is 13.4. The number of carbonyl (C=O) groups excluding carboxylic acids is 4. The summed E-state index contributed by atoms with van der Waals surface area (Å²) in [5.41, 5.74) is 0.737. The fourth-order valence-corrected chi connectivity index (χ4v) is 3.85. The summed E-state index contributed by atoms with van der Waals surface area (Å²) in [5, 5.41) is 8.05. The van der Waals surface area contributed by atoms with Crippen LogP contribution in [-0.4, -0.2) is 47.8 Å². The second-order valence-electron chi connectivity index (χ2n) is 7.32. The molecular formula is C20H26N4O4. The predicted octanol–water partition coefficient (Wildman–Crippen LogP) is 0.801. The van der Waals surface area contributed by atoms with Gasteiger partial charge < -0.3 is 16.0 Å². The minimum atomic E-state index is -1.10. The Morgan fingerprint density at radius 1 is 1.29 bits per heavy atom. The molecule has 1 spiro atoms. The number of carbonyl (C=O) groups is 4. The van der Waals surface area contributed by atoms with Crippen molar-refractivity contribution < 1.29 is 19.2 Å². The highest BCUT2D eigenvalue weighted by molar-refractivity contribution is 6.09. The Bertz CT molecular complexity index is 809. The van der Waals surface area contributed by atoms with Crippen molar-refractivity contribution in [2.75, 3.05) is 13.1 Å². The van der Waals surface area contributed by atoms with E-state index in [-0.39, 0.29) is 5.91 Å². The summed E-state index contributed by atoms with van der Waals surface area (Å²) in [6.45, 7) is 3.60. The van der Waals surface area contributed by atoms with Gasteiger partial charge in [0.05, 0.1) is 0 Å². The van der Waals surface area contributed by atoms with Crippen molar-refractivity contribution in [1.29, 1.82) is 0 Å². The van der Waals surface area contributed by atoms with Crippen molar-refractivity contribution in [3.63, 3.8) is 0 Å². The van der Waals surface area contributed by atoms with Crippen LogP contribution >= 0.6 is 0 Å². The summed E-state index contributed by atoms with van der Waals surface area (Å²) in [6.07, 6.45) is 2.92. The highest BCUT2D eigenvalue weighted by Crippen LogP contribution is 2.39. The van der Waals surface area contributed by atoms with Gasteiger partial charge in [-0.1, -0.05) is 31.2 Å². The zero-order chi connectivity index (χ0) is 20.3. The number of amides is 5. The lowest BCUT2D eigenvalue weighted by atomic mass is 9.76. The molecule has 8 heteroatoms. The van der Waals surface area contributed by atoms with Gasteiger partial charge >= 0.3 is 6.03 Å². The fraction of sp³-hybridized carbons (Fsp3) is 0.500. The molecule has 1 aliphatic heterocycles. The van der Waals surface area contributed by atoms with Gasteiger partial charge in [0.15, 0.2) is 0 Å². The maximum atomic E-state index is 13.1. The third kappa shape index (κ3) is 3.58. The molecule has 1 heterocycles. The van der Waals surface area contributed by atoms with Gasteiger partial charge in [0.1, 0.15) is 18.1 Å². The number of nitrogens with one attached hydrogen (secondary N) is 3. The van der Waals surface area contributed by atoms with E-state index in [1.165, 1.54) is 0 Å². The van der Waals surface area contributed by atoms with Crippen molar-refractivity contribution in [1.82, 2.24) is 20.9 Å². The van der Waals surface area contributed by atoms with Crippen LogP contribution in [0, 0.1) is 0 Å². The summed E-state index contributed by atoms with van der Waals surface area (Å²) in [4.78, 5) is 50.8. The Kier molecular flexibility index (Phi) is 5.67. The Hall–Kier alpha value is -2.90. The number of nitrogens with zero attached hydrogens (tertiary/aromatic N) is 1.